The van der Waals surface area contributed by atoms with Gasteiger partial charge in [0.05, 0.1) is 9.54 Å². The van der Waals surface area contributed by atoms with Gasteiger partial charge in [0, 0.05) is 21.4 Å². The number of rotatable bonds is 5. The van der Waals surface area contributed by atoms with Gasteiger partial charge in [0.2, 0.25) is 0 Å². The minimum atomic E-state index is -0.748. The molecule has 0 saturated carbocycles. The molecule has 0 aliphatic rings. The Hall–Kier alpha value is 0.290. The number of halogens is 1. The molecule has 5 heteroatoms. The standard InChI is InChI=1S/C8H12BrNOS2/c9-8-3-2-7(12-8)6-13(11)5-1-4-10/h2-3H,1,4-6,10H2. The fourth-order valence-electron chi connectivity index (χ4n) is 0.904. The first-order valence-corrected chi connectivity index (χ1v) is 7.11. The number of thiophene rings is 1. The fraction of sp³-hybridized carbons (Fsp3) is 0.500. The molecular formula is C8H12BrNOS2. The van der Waals surface area contributed by atoms with E-state index in [1.165, 1.54) is 4.88 Å². The van der Waals surface area contributed by atoms with Crippen molar-refractivity contribution in [3.05, 3.63) is 20.8 Å². The van der Waals surface area contributed by atoms with Crippen molar-refractivity contribution in [2.45, 2.75) is 12.2 Å². The Bertz CT molecular complexity index is 287. The Labute approximate surface area is 93.1 Å². The normalized spacial score (nSPS) is 13.1. The van der Waals surface area contributed by atoms with Crippen molar-refractivity contribution < 1.29 is 4.21 Å². The summed E-state index contributed by atoms with van der Waals surface area (Å²) in [7, 11) is -0.748. The van der Waals surface area contributed by atoms with Gasteiger partial charge in [-0.2, -0.15) is 0 Å². The molecule has 1 aromatic rings. The van der Waals surface area contributed by atoms with Gasteiger partial charge < -0.3 is 5.73 Å². The molecule has 0 fully saturated rings. The van der Waals surface area contributed by atoms with Crippen LogP contribution in [0.2, 0.25) is 0 Å². The summed E-state index contributed by atoms with van der Waals surface area (Å²) in [6, 6.07) is 4.00. The van der Waals surface area contributed by atoms with E-state index >= 15 is 0 Å². The third-order valence-corrected chi connectivity index (χ3v) is 4.69. The van der Waals surface area contributed by atoms with Crippen molar-refractivity contribution in [2.24, 2.45) is 5.73 Å². The van der Waals surface area contributed by atoms with Crippen molar-refractivity contribution >= 4 is 38.1 Å². The first-order chi connectivity index (χ1) is 6.22. The van der Waals surface area contributed by atoms with E-state index in [0.29, 0.717) is 18.1 Å². The van der Waals surface area contributed by atoms with Crippen LogP contribution < -0.4 is 5.73 Å². The van der Waals surface area contributed by atoms with Gasteiger partial charge in [-0.1, -0.05) is 0 Å². The summed E-state index contributed by atoms with van der Waals surface area (Å²) >= 11 is 5.02. The summed E-state index contributed by atoms with van der Waals surface area (Å²) in [6.07, 6.45) is 0.846. The lowest BCUT2D eigenvalue weighted by Gasteiger charge is -1.97. The molecule has 1 aromatic heterocycles. The van der Waals surface area contributed by atoms with Crippen LogP contribution in [0.1, 0.15) is 11.3 Å². The zero-order valence-corrected chi connectivity index (χ0v) is 10.4. The van der Waals surface area contributed by atoms with Gasteiger partial charge in [0.15, 0.2) is 0 Å². The molecule has 1 rings (SSSR count). The molecule has 13 heavy (non-hydrogen) atoms. The SMILES string of the molecule is NCCCS(=O)Cc1ccc(Br)s1. The zero-order valence-electron chi connectivity index (χ0n) is 7.16. The van der Waals surface area contributed by atoms with Crippen LogP contribution in [0.3, 0.4) is 0 Å². The minimum Gasteiger partial charge on any atom is -0.330 e. The maximum absolute atomic E-state index is 11.4. The van der Waals surface area contributed by atoms with Crippen LogP contribution in [-0.2, 0) is 16.6 Å². The molecule has 0 amide bonds. The van der Waals surface area contributed by atoms with Crippen LogP contribution in [0.5, 0.6) is 0 Å². The topological polar surface area (TPSA) is 43.1 Å². The lowest BCUT2D eigenvalue weighted by atomic mass is 10.5. The van der Waals surface area contributed by atoms with Gasteiger partial charge in [0.1, 0.15) is 0 Å². The van der Waals surface area contributed by atoms with Crippen molar-refractivity contribution in [2.75, 3.05) is 12.3 Å². The van der Waals surface area contributed by atoms with Crippen LogP contribution in [0.4, 0.5) is 0 Å². The molecular weight excluding hydrogens is 270 g/mol. The Morgan fingerprint density at radius 3 is 2.85 bits per heavy atom. The summed E-state index contributed by atoms with van der Waals surface area (Å²) in [5.41, 5.74) is 5.33. The molecule has 0 saturated heterocycles. The quantitative estimate of drug-likeness (QED) is 0.898. The highest BCUT2D eigenvalue weighted by Gasteiger charge is 2.03. The molecule has 1 unspecified atom stereocenters. The predicted octanol–water partition coefficient (Wildman–Crippen LogP) is 2.11. The van der Waals surface area contributed by atoms with E-state index in [4.69, 9.17) is 5.73 Å². The second kappa shape index (κ2) is 5.90. The largest absolute Gasteiger partial charge is 0.330 e. The van der Waals surface area contributed by atoms with Crippen LogP contribution in [0, 0.1) is 0 Å². The summed E-state index contributed by atoms with van der Waals surface area (Å²) in [5, 5.41) is 0. The zero-order chi connectivity index (χ0) is 9.68. The van der Waals surface area contributed by atoms with Crippen LogP contribution in [-0.4, -0.2) is 16.5 Å². The van der Waals surface area contributed by atoms with Gasteiger partial charge in [-0.05, 0) is 41.0 Å². The van der Waals surface area contributed by atoms with Crippen molar-refractivity contribution in [3.8, 4) is 0 Å². The molecule has 1 atom stereocenters. The van der Waals surface area contributed by atoms with Gasteiger partial charge in [-0.3, -0.25) is 4.21 Å². The molecule has 0 radical (unpaired) electrons. The minimum absolute atomic E-state index is 0.625. The summed E-state index contributed by atoms with van der Waals surface area (Å²) in [4.78, 5) is 1.17. The van der Waals surface area contributed by atoms with E-state index in [0.717, 1.165) is 10.2 Å². The average molecular weight is 282 g/mol. The summed E-state index contributed by atoms with van der Waals surface area (Å²) < 4.78 is 12.5. The Morgan fingerprint density at radius 1 is 1.54 bits per heavy atom. The molecule has 0 bridgehead atoms. The van der Waals surface area contributed by atoms with Crippen LogP contribution in [0.15, 0.2) is 15.9 Å². The highest BCUT2D eigenvalue weighted by atomic mass is 79.9. The number of hydrogen-bond acceptors (Lipinski definition) is 3. The summed E-state index contributed by atoms with van der Waals surface area (Å²) in [5.74, 6) is 1.38. The Morgan fingerprint density at radius 2 is 2.31 bits per heavy atom. The maximum atomic E-state index is 11.4. The molecule has 0 aromatic carbocycles. The predicted molar refractivity (Wildman–Crippen MR) is 62.4 cm³/mol. The van der Waals surface area contributed by atoms with Gasteiger partial charge in [0.25, 0.3) is 0 Å². The molecule has 0 aliphatic heterocycles. The summed E-state index contributed by atoms with van der Waals surface area (Å²) in [6.45, 7) is 0.625. The van der Waals surface area contributed by atoms with Crippen LogP contribution in [0.25, 0.3) is 0 Å². The second-order valence-electron chi connectivity index (χ2n) is 2.64. The van der Waals surface area contributed by atoms with E-state index in [-0.39, 0.29) is 0 Å². The molecule has 0 aliphatic carbocycles. The van der Waals surface area contributed by atoms with E-state index in [9.17, 15) is 4.21 Å². The third kappa shape index (κ3) is 4.35. The van der Waals surface area contributed by atoms with Crippen molar-refractivity contribution in [1.82, 2.24) is 0 Å². The maximum Gasteiger partial charge on any atom is 0.0701 e. The highest BCUT2D eigenvalue weighted by molar-refractivity contribution is 9.11. The van der Waals surface area contributed by atoms with Crippen molar-refractivity contribution in [3.63, 3.8) is 0 Å². The third-order valence-electron chi connectivity index (χ3n) is 1.51. The lowest BCUT2D eigenvalue weighted by Crippen LogP contribution is -2.06. The Balaban J connectivity index is 2.36. The first-order valence-electron chi connectivity index (χ1n) is 4.01. The second-order valence-corrected chi connectivity index (χ2v) is 6.76. The van der Waals surface area contributed by atoms with Crippen LogP contribution >= 0.6 is 27.3 Å². The molecule has 74 valence electrons. The monoisotopic (exact) mass is 281 g/mol. The van der Waals surface area contributed by atoms with Gasteiger partial charge in [-0.15, -0.1) is 11.3 Å². The highest BCUT2D eigenvalue weighted by Crippen LogP contribution is 2.23. The van der Waals surface area contributed by atoms with Gasteiger partial charge >= 0.3 is 0 Å². The number of hydrogen-bond donors (Lipinski definition) is 1. The lowest BCUT2D eigenvalue weighted by molar-refractivity contribution is 0.680. The average Bonchev–Trinajstić information content (AvgIpc) is 2.48. The van der Waals surface area contributed by atoms with E-state index in [2.05, 4.69) is 15.9 Å². The molecule has 2 N–H and O–H groups in total. The fourth-order valence-corrected chi connectivity index (χ4v) is 3.86. The first kappa shape index (κ1) is 11.4. The number of nitrogens with two attached hydrogens (primary N) is 1. The van der Waals surface area contributed by atoms with E-state index in [1.54, 1.807) is 11.3 Å². The molecule has 2 nitrogen and oxygen atoms in total. The van der Waals surface area contributed by atoms with E-state index in [1.807, 2.05) is 12.1 Å². The van der Waals surface area contributed by atoms with Gasteiger partial charge in [-0.25, -0.2) is 0 Å². The molecule has 1 heterocycles. The van der Waals surface area contributed by atoms with Crippen molar-refractivity contribution in [1.29, 1.82) is 0 Å². The smallest absolute Gasteiger partial charge is 0.0701 e. The Kier molecular flexibility index (Phi) is 5.16. The van der Waals surface area contributed by atoms with E-state index < -0.39 is 10.8 Å². The molecule has 0 spiro atoms.